The van der Waals surface area contributed by atoms with E-state index in [1.165, 1.54) is 11.8 Å². The molecule has 0 bridgehead atoms. The van der Waals surface area contributed by atoms with Crippen LogP contribution in [0.25, 0.3) is 11.5 Å². The molecule has 1 N–H and O–H groups in total. The van der Waals surface area contributed by atoms with Crippen molar-refractivity contribution in [3.05, 3.63) is 29.8 Å². The van der Waals surface area contributed by atoms with E-state index in [-0.39, 0.29) is 11.2 Å². The van der Waals surface area contributed by atoms with Crippen molar-refractivity contribution in [2.45, 2.75) is 43.2 Å². The van der Waals surface area contributed by atoms with E-state index in [1.54, 1.807) is 0 Å². The summed E-state index contributed by atoms with van der Waals surface area (Å²) in [5.74, 6) is 0.508. The number of hydrogen-bond acceptors (Lipinski definition) is 5. The lowest BCUT2D eigenvalue weighted by atomic mass is 10.1. The molecule has 1 fully saturated rings. The number of carbonyl (C=O) groups is 1. The number of amides is 1. The molecule has 0 aliphatic heterocycles. The molecule has 0 radical (unpaired) electrons. The molecule has 1 aromatic carbocycles. The van der Waals surface area contributed by atoms with Gasteiger partial charge in [-0.15, -0.1) is 10.2 Å². The van der Waals surface area contributed by atoms with Crippen LogP contribution in [0.3, 0.4) is 0 Å². The van der Waals surface area contributed by atoms with Crippen molar-refractivity contribution in [2.75, 3.05) is 0 Å². The summed E-state index contributed by atoms with van der Waals surface area (Å²) >= 11 is 1.29. The summed E-state index contributed by atoms with van der Waals surface area (Å²) in [5.41, 5.74) is 2.03. The maximum Gasteiger partial charge on any atom is 0.277 e. The molecule has 1 aliphatic rings. The zero-order valence-corrected chi connectivity index (χ0v) is 12.8. The molecule has 1 heterocycles. The highest BCUT2D eigenvalue weighted by molar-refractivity contribution is 8.00. The molecule has 21 heavy (non-hydrogen) atoms. The molecular weight excluding hydrogens is 286 g/mol. The van der Waals surface area contributed by atoms with Gasteiger partial charge in [0.05, 0.1) is 5.25 Å². The lowest BCUT2D eigenvalue weighted by Gasteiger charge is -2.08. The Kier molecular flexibility index (Phi) is 3.96. The first-order chi connectivity index (χ1) is 10.1. The van der Waals surface area contributed by atoms with Gasteiger partial charge in [-0.05, 0) is 38.8 Å². The van der Waals surface area contributed by atoms with E-state index in [9.17, 15) is 4.79 Å². The normalized spacial score (nSPS) is 15.7. The van der Waals surface area contributed by atoms with Crippen molar-refractivity contribution in [1.82, 2.24) is 15.5 Å². The summed E-state index contributed by atoms with van der Waals surface area (Å²) in [6.07, 6.45) is 2.17. The first-order valence-corrected chi connectivity index (χ1v) is 7.87. The summed E-state index contributed by atoms with van der Waals surface area (Å²) in [5, 5.41) is 11.2. The smallest absolute Gasteiger partial charge is 0.277 e. The van der Waals surface area contributed by atoms with Crippen LogP contribution in [0.2, 0.25) is 0 Å². The molecule has 6 heteroatoms. The Bertz CT molecular complexity index is 652. The quantitative estimate of drug-likeness (QED) is 0.860. The molecule has 0 saturated heterocycles. The van der Waals surface area contributed by atoms with Gasteiger partial charge in [0.1, 0.15) is 0 Å². The number of aryl methyl sites for hydroxylation is 1. The number of hydrogen-bond donors (Lipinski definition) is 1. The van der Waals surface area contributed by atoms with Gasteiger partial charge in [-0.3, -0.25) is 4.79 Å². The molecule has 2 aromatic rings. The van der Waals surface area contributed by atoms with Gasteiger partial charge in [0, 0.05) is 11.6 Å². The van der Waals surface area contributed by atoms with Gasteiger partial charge in [-0.25, -0.2) is 0 Å². The molecule has 0 spiro atoms. The fourth-order valence-electron chi connectivity index (χ4n) is 1.90. The maximum atomic E-state index is 11.9. The number of thioether (sulfide) groups is 1. The van der Waals surface area contributed by atoms with Gasteiger partial charge < -0.3 is 9.73 Å². The van der Waals surface area contributed by atoms with Crippen molar-refractivity contribution in [3.63, 3.8) is 0 Å². The zero-order valence-electron chi connectivity index (χ0n) is 12.0. The van der Waals surface area contributed by atoms with Crippen LogP contribution >= 0.6 is 11.8 Å². The molecule has 1 amide bonds. The van der Waals surface area contributed by atoms with Crippen molar-refractivity contribution < 1.29 is 9.21 Å². The Labute approximate surface area is 127 Å². The lowest BCUT2D eigenvalue weighted by Crippen LogP contribution is -2.32. The SMILES string of the molecule is Cc1cccc(-c2nnc(S[C@H](C)C(=O)NC3CC3)o2)c1. The van der Waals surface area contributed by atoms with Crippen LogP contribution in [0.4, 0.5) is 0 Å². The summed E-state index contributed by atoms with van der Waals surface area (Å²) in [6.45, 7) is 3.86. The van der Waals surface area contributed by atoms with E-state index >= 15 is 0 Å². The average molecular weight is 303 g/mol. The summed E-state index contributed by atoms with van der Waals surface area (Å²) in [7, 11) is 0. The Morgan fingerprint density at radius 1 is 1.43 bits per heavy atom. The number of benzene rings is 1. The lowest BCUT2D eigenvalue weighted by molar-refractivity contribution is -0.120. The molecule has 1 aromatic heterocycles. The molecule has 3 rings (SSSR count). The predicted molar refractivity (Wildman–Crippen MR) is 81.0 cm³/mol. The molecule has 1 saturated carbocycles. The van der Waals surface area contributed by atoms with Gasteiger partial charge in [0.2, 0.25) is 11.8 Å². The summed E-state index contributed by atoms with van der Waals surface area (Å²) in [6, 6.07) is 8.25. The Balaban J connectivity index is 1.65. The van der Waals surface area contributed by atoms with Crippen molar-refractivity contribution in [1.29, 1.82) is 0 Å². The number of carbonyl (C=O) groups excluding carboxylic acids is 1. The Morgan fingerprint density at radius 3 is 2.95 bits per heavy atom. The van der Waals surface area contributed by atoms with Crippen LogP contribution < -0.4 is 5.32 Å². The standard InChI is InChI=1S/C15H17N3O2S/c1-9-4-3-5-11(8-9)14-17-18-15(20-14)21-10(2)13(19)16-12-6-7-12/h3-5,8,10,12H,6-7H2,1-2H3,(H,16,19)/t10-/m1/s1. The molecular formula is C15H17N3O2S. The Morgan fingerprint density at radius 2 is 2.24 bits per heavy atom. The van der Waals surface area contributed by atoms with Crippen molar-refractivity contribution >= 4 is 17.7 Å². The van der Waals surface area contributed by atoms with E-state index < -0.39 is 0 Å². The summed E-state index contributed by atoms with van der Waals surface area (Å²) in [4.78, 5) is 11.9. The maximum absolute atomic E-state index is 11.9. The molecule has 1 atom stereocenters. The van der Waals surface area contributed by atoms with Gasteiger partial charge in [-0.2, -0.15) is 0 Å². The number of nitrogens with one attached hydrogen (secondary N) is 1. The van der Waals surface area contributed by atoms with E-state index in [1.807, 2.05) is 38.1 Å². The molecule has 1 aliphatic carbocycles. The van der Waals surface area contributed by atoms with Gasteiger partial charge in [-0.1, -0.05) is 29.5 Å². The first-order valence-electron chi connectivity index (χ1n) is 6.99. The second-order valence-corrected chi connectivity index (χ2v) is 6.58. The van der Waals surface area contributed by atoms with Crippen LogP contribution in [0.15, 0.2) is 33.9 Å². The van der Waals surface area contributed by atoms with Crippen LogP contribution in [-0.4, -0.2) is 27.4 Å². The van der Waals surface area contributed by atoms with Crippen molar-refractivity contribution in [2.24, 2.45) is 0 Å². The second kappa shape index (κ2) is 5.89. The third-order valence-corrected chi connectivity index (χ3v) is 4.18. The van der Waals surface area contributed by atoms with E-state index in [4.69, 9.17) is 4.42 Å². The fourth-order valence-corrected chi connectivity index (χ4v) is 2.60. The topological polar surface area (TPSA) is 68.0 Å². The predicted octanol–water partition coefficient (Wildman–Crippen LogP) is 2.80. The minimum absolute atomic E-state index is 0.0257. The van der Waals surface area contributed by atoms with Crippen molar-refractivity contribution in [3.8, 4) is 11.5 Å². The third-order valence-electron chi connectivity index (χ3n) is 3.24. The van der Waals surface area contributed by atoms with E-state index in [2.05, 4.69) is 15.5 Å². The van der Waals surface area contributed by atoms with Gasteiger partial charge in [0.25, 0.3) is 5.22 Å². The number of rotatable bonds is 5. The second-order valence-electron chi connectivity index (χ2n) is 5.29. The fraction of sp³-hybridized carbons (Fsp3) is 0.400. The summed E-state index contributed by atoms with van der Waals surface area (Å²) < 4.78 is 5.63. The van der Waals surface area contributed by atoms with Crippen LogP contribution in [-0.2, 0) is 4.79 Å². The average Bonchev–Trinajstić information content (AvgIpc) is 3.14. The Hall–Kier alpha value is -1.82. The minimum Gasteiger partial charge on any atom is -0.411 e. The molecule has 110 valence electrons. The first kappa shape index (κ1) is 14.1. The van der Waals surface area contributed by atoms with E-state index in [0.29, 0.717) is 17.2 Å². The zero-order chi connectivity index (χ0) is 14.8. The van der Waals surface area contributed by atoms with Crippen LogP contribution in [0, 0.1) is 6.92 Å². The molecule has 0 unspecified atom stereocenters. The molecule has 5 nitrogen and oxygen atoms in total. The third kappa shape index (κ3) is 3.64. The highest BCUT2D eigenvalue weighted by Crippen LogP contribution is 2.27. The van der Waals surface area contributed by atoms with Crippen LogP contribution in [0.1, 0.15) is 25.3 Å². The largest absolute Gasteiger partial charge is 0.411 e. The highest BCUT2D eigenvalue weighted by atomic mass is 32.2. The number of aromatic nitrogens is 2. The van der Waals surface area contributed by atoms with E-state index in [0.717, 1.165) is 24.0 Å². The monoisotopic (exact) mass is 303 g/mol. The minimum atomic E-state index is -0.239. The number of nitrogens with zero attached hydrogens (tertiary/aromatic N) is 2. The van der Waals surface area contributed by atoms with Crippen LogP contribution in [0.5, 0.6) is 0 Å². The van der Waals surface area contributed by atoms with Gasteiger partial charge >= 0.3 is 0 Å². The highest BCUT2D eigenvalue weighted by Gasteiger charge is 2.27. The van der Waals surface area contributed by atoms with Gasteiger partial charge in [0.15, 0.2) is 0 Å².